The first-order chi connectivity index (χ1) is 5.68. The van der Waals surface area contributed by atoms with Crippen LogP contribution in [0.5, 0.6) is 0 Å². The highest BCUT2D eigenvalue weighted by Gasteiger charge is 1.94. The number of aliphatic imine (C=N–C) groups is 1. The molecule has 0 spiro atoms. The van der Waals surface area contributed by atoms with E-state index < -0.39 is 0 Å². The molecule has 0 aromatic carbocycles. The van der Waals surface area contributed by atoms with E-state index in [1.54, 1.807) is 4.68 Å². The smallest absolute Gasteiger partial charge is 0.185 e. The molecule has 0 radical (unpaired) electrons. The van der Waals surface area contributed by atoms with Gasteiger partial charge in [-0.05, 0) is 6.07 Å². The lowest BCUT2D eigenvalue weighted by atomic mass is 10.3. The van der Waals surface area contributed by atoms with Gasteiger partial charge in [0.15, 0.2) is 5.96 Å². The van der Waals surface area contributed by atoms with Gasteiger partial charge in [-0.1, -0.05) is 0 Å². The fourth-order valence-corrected chi connectivity index (χ4v) is 0.896. The van der Waals surface area contributed by atoms with Crippen molar-refractivity contribution in [3.63, 3.8) is 0 Å². The van der Waals surface area contributed by atoms with Gasteiger partial charge in [0.25, 0.3) is 0 Å². The first-order valence-electron chi connectivity index (χ1n) is 3.72. The number of nitrogens with two attached hydrogens (primary N) is 2. The highest BCUT2D eigenvalue weighted by Crippen LogP contribution is 1.94. The Labute approximate surface area is 71.1 Å². The summed E-state index contributed by atoms with van der Waals surface area (Å²) in [5.41, 5.74) is 11.3. The standard InChI is InChI=1S/C7H13N5/c1-12-5-3-6(11-12)2-4-10-7(8)9/h3,5H,2,4H2,1H3,(H4,8,9,10). The number of hydrogen-bond donors (Lipinski definition) is 2. The third-order valence-corrected chi connectivity index (χ3v) is 1.43. The lowest BCUT2D eigenvalue weighted by molar-refractivity contribution is 0.739. The maximum Gasteiger partial charge on any atom is 0.185 e. The Kier molecular flexibility index (Phi) is 2.68. The molecule has 0 saturated carbocycles. The third kappa shape index (κ3) is 2.61. The largest absolute Gasteiger partial charge is 0.370 e. The number of nitrogens with zero attached hydrogens (tertiary/aromatic N) is 3. The zero-order valence-corrected chi connectivity index (χ0v) is 7.07. The summed E-state index contributed by atoms with van der Waals surface area (Å²) in [7, 11) is 1.88. The summed E-state index contributed by atoms with van der Waals surface area (Å²) in [6, 6.07) is 1.95. The predicted octanol–water partition coefficient (Wildman–Crippen LogP) is -0.764. The fraction of sp³-hybridized carbons (Fsp3) is 0.429. The Bertz CT molecular complexity index is 271. The molecule has 0 aliphatic rings. The molecule has 0 unspecified atom stereocenters. The van der Waals surface area contributed by atoms with Gasteiger partial charge in [0, 0.05) is 26.2 Å². The van der Waals surface area contributed by atoms with Gasteiger partial charge in [0.1, 0.15) is 0 Å². The molecular formula is C7H13N5. The van der Waals surface area contributed by atoms with Gasteiger partial charge in [0.2, 0.25) is 0 Å². The molecule has 5 nitrogen and oxygen atoms in total. The average Bonchev–Trinajstić information content (AvgIpc) is 2.35. The minimum atomic E-state index is 0.130. The molecule has 5 heteroatoms. The van der Waals surface area contributed by atoms with Gasteiger partial charge in [-0.3, -0.25) is 9.67 Å². The normalized spacial score (nSPS) is 9.75. The second-order valence-electron chi connectivity index (χ2n) is 2.54. The number of guanidine groups is 1. The molecule has 0 aliphatic carbocycles. The molecule has 66 valence electrons. The van der Waals surface area contributed by atoms with Crippen LogP contribution in [0.15, 0.2) is 17.3 Å². The Morgan fingerprint density at radius 1 is 1.67 bits per heavy atom. The van der Waals surface area contributed by atoms with E-state index >= 15 is 0 Å². The molecule has 0 atom stereocenters. The first kappa shape index (κ1) is 8.58. The second kappa shape index (κ2) is 3.75. The van der Waals surface area contributed by atoms with Crippen LogP contribution in [0.3, 0.4) is 0 Å². The van der Waals surface area contributed by atoms with Crippen molar-refractivity contribution >= 4 is 5.96 Å². The predicted molar refractivity (Wildman–Crippen MR) is 47.6 cm³/mol. The van der Waals surface area contributed by atoms with Crippen molar-refractivity contribution in [3.05, 3.63) is 18.0 Å². The summed E-state index contributed by atoms with van der Waals surface area (Å²) in [6.07, 6.45) is 2.67. The molecule has 0 amide bonds. The van der Waals surface area contributed by atoms with E-state index in [4.69, 9.17) is 11.5 Å². The van der Waals surface area contributed by atoms with Crippen LogP contribution in [0.1, 0.15) is 5.69 Å². The molecule has 0 bridgehead atoms. The Hall–Kier alpha value is -1.52. The van der Waals surface area contributed by atoms with E-state index in [0.717, 1.165) is 12.1 Å². The van der Waals surface area contributed by atoms with Crippen molar-refractivity contribution in [1.29, 1.82) is 0 Å². The summed E-state index contributed by atoms with van der Waals surface area (Å²) in [5, 5.41) is 4.17. The van der Waals surface area contributed by atoms with Crippen LogP contribution in [-0.4, -0.2) is 22.3 Å². The molecule has 1 aromatic heterocycles. The Morgan fingerprint density at radius 2 is 2.42 bits per heavy atom. The molecule has 1 heterocycles. The van der Waals surface area contributed by atoms with Crippen molar-refractivity contribution in [2.75, 3.05) is 6.54 Å². The van der Waals surface area contributed by atoms with Crippen molar-refractivity contribution < 1.29 is 0 Å². The molecule has 4 N–H and O–H groups in total. The van der Waals surface area contributed by atoms with Gasteiger partial charge < -0.3 is 11.5 Å². The maximum atomic E-state index is 5.16. The van der Waals surface area contributed by atoms with Gasteiger partial charge in [-0.15, -0.1) is 0 Å². The van der Waals surface area contributed by atoms with E-state index in [1.807, 2.05) is 19.3 Å². The molecular weight excluding hydrogens is 154 g/mol. The highest BCUT2D eigenvalue weighted by molar-refractivity contribution is 5.75. The fourth-order valence-electron chi connectivity index (χ4n) is 0.896. The summed E-state index contributed by atoms with van der Waals surface area (Å²) in [4.78, 5) is 3.85. The van der Waals surface area contributed by atoms with Crippen LogP contribution in [0, 0.1) is 0 Å². The van der Waals surface area contributed by atoms with Crippen LogP contribution in [0.25, 0.3) is 0 Å². The molecule has 0 saturated heterocycles. The van der Waals surface area contributed by atoms with Gasteiger partial charge in [-0.25, -0.2) is 0 Å². The number of hydrogen-bond acceptors (Lipinski definition) is 2. The van der Waals surface area contributed by atoms with Crippen molar-refractivity contribution in [2.45, 2.75) is 6.42 Å². The highest BCUT2D eigenvalue weighted by atomic mass is 15.2. The van der Waals surface area contributed by atoms with Crippen molar-refractivity contribution in [2.24, 2.45) is 23.5 Å². The van der Waals surface area contributed by atoms with Crippen molar-refractivity contribution in [1.82, 2.24) is 9.78 Å². The first-order valence-corrected chi connectivity index (χ1v) is 3.72. The van der Waals surface area contributed by atoms with Crippen LogP contribution in [-0.2, 0) is 13.5 Å². The van der Waals surface area contributed by atoms with Crippen LogP contribution < -0.4 is 11.5 Å². The molecule has 12 heavy (non-hydrogen) atoms. The lowest BCUT2D eigenvalue weighted by Crippen LogP contribution is -2.23. The van der Waals surface area contributed by atoms with Gasteiger partial charge in [0.05, 0.1) is 5.69 Å². The topological polar surface area (TPSA) is 82.2 Å². The van der Waals surface area contributed by atoms with Crippen LogP contribution >= 0.6 is 0 Å². The minimum Gasteiger partial charge on any atom is -0.370 e. The molecule has 0 fully saturated rings. The number of aryl methyl sites for hydroxylation is 1. The maximum absolute atomic E-state index is 5.16. The second-order valence-corrected chi connectivity index (χ2v) is 2.54. The minimum absolute atomic E-state index is 0.130. The van der Waals surface area contributed by atoms with E-state index in [9.17, 15) is 0 Å². The summed E-state index contributed by atoms with van der Waals surface area (Å²) in [5.74, 6) is 0.130. The van der Waals surface area contributed by atoms with Crippen LogP contribution in [0.4, 0.5) is 0 Å². The average molecular weight is 167 g/mol. The summed E-state index contributed by atoms with van der Waals surface area (Å²) < 4.78 is 1.75. The van der Waals surface area contributed by atoms with Crippen molar-refractivity contribution in [3.8, 4) is 0 Å². The van der Waals surface area contributed by atoms with E-state index in [2.05, 4.69) is 10.1 Å². The van der Waals surface area contributed by atoms with Gasteiger partial charge >= 0.3 is 0 Å². The van der Waals surface area contributed by atoms with Gasteiger partial charge in [-0.2, -0.15) is 5.10 Å². The summed E-state index contributed by atoms with van der Waals surface area (Å²) in [6.45, 7) is 0.597. The van der Waals surface area contributed by atoms with E-state index in [-0.39, 0.29) is 5.96 Å². The Morgan fingerprint density at radius 3 is 2.92 bits per heavy atom. The van der Waals surface area contributed by atoms with E-state index in [0.29, 0.717) is 6.54 Å². The number of rotatable bonds is 3. The zero-order chi connectivity index (χ0) is 8.97. The summed E-state index contributed by atoms with van der Waals surface area (Å²) >= 11 is 0. The molecule has 0 aliphatic heterocycles. The monoisotopic (exact) mass is 167 g/mol. The quantitative estimate of drug-likeness (QED) is 0.458. The van der Waals surface area contributed by atoms with E-state index in [1.165, 1.54) is 0 Å². The number of aromatic nitrogens is 2. The third-order valence-electron chi connectivity index (χ3n) is 1.43. The zero-order valence-electron chi connectivity index (χ0n) is 7.07. The SMILES string of the molecule is Cn1ccc(CCN=C(N)N)n1. The van der Waals surface area contributed by atoms with Crippen LogP contribution in [0.2, 0.25) is 0 Å². The molecule has 1 rings (SSSR count). The molecule has 1 aromatic rings. The Balaban J connectivity index is 2.38. The lowest BCUT2D eigenvalue weighted by Gasteiger charge is -1.92.